The molecule has 0 aliphatic heterocycles. The van der Waals surface area contributed by atoms with E-state index in [1.165, 1.54) is 56.7 Å². The lowest BCUT2D eigenvalue weighted by molar-refractivity contribution is 0.398. The largest absolute Gasteiger partial charge is 0.311 e. The van der Waals surface area contributed by atoms with Gasteiger partial charge in [0.25, 0.3) is 0 Å². The minimum absolute atomic E-state index is 0.106. The third-order valence-corrected chi connectivity index (χ3v) is 3.95. The number of nitrogens with one attached hydrogen (secondary N) is 1. The van der Waals surface area contributed by atoms with E-state index in [-0.39, 0.29) is 11.6 Å². The van der Waals surface area contributed by atoms with Crippen LogP contribution in [0, 0.1) is 11.6 Å². The zero-order chi connectivity index (χ0) is 13.7. The summed E-state index contributed by atoms with van der Waals surface area (Å²) < 4.78 is 27.2. The predicted octanol–water partition coefficient (Wildman–Crippen LogP) is 4.21. The summed E-state index contributed by atoms with van der Waals surface area (Å²) in [5.41, 5.74) is 0.205. The average Bonchev–Trinajstić information content (AvgIpc) is 2.63. The van der Waals surface area contributed by atoms with Crippen LogP contribution in [0.5, 0.6) is 0 Å². The molecule has 1 aliphatic rings. The Bertz CT molecular complexity index is 377. The maximum atomic E-state index is 13.6. The molecule has 1 saturated carbocycles. The quantitative estimate of drug-likeness (QED) is 0.806. The number of rotatable bonds is 4. The van der Waals surface area contributed by atoms with Crippen molar-refractivity contribution < 1.29 is 8.78 Å². The van der Waals surface area contributed by atoms with E-state index in [2.05, 4.69) is 5.32 Å². The van der Waals surface area contributed by atoms with Gasteiger partial charge in [-0.2, -0.15) is 0 Å². The molecular formula is C16H23F2N. The monoisotopic (exact) mass is 267 g/mol. The lowest BCUT2D eigenvalue weighted by Gasteiger charge is -2.22. The van der Waals surface area contributed by atoms with Crippen LogP contribution in [-0.4, -0.2) is 12.1 Å². The first-order chi connectivity index (χ1) is 9.16. The molecule has 0 bridgehead atoms. The Morgan fingerprint density at radius 1 is 1.11 bits per heavy atom. The zero-order valence-corrected chi connectivity index (χ0v) is 11.6. The molecule has 0 radical (unpaired) electrons. The maximum absolute atomic E-state index is 13.6. The molecular weight excluding hydrogens is 244 g/mol. The third-order valence-electron chi connectivity index (χ3n) is 3.95. The second-order valence-corrected chi connectivity index (χ2v) is 5.66. The molecule has 1 fully saturated rings. The topological polar surface area (TPSA) is 12.0 Å². The molecule has 0 saturated heterocycles. The van der Waals surface area contributed by atoms with Crippen molar-refractivity contribution in [3.05, 3.63) is 35.4 Å². The summed E-state index contributed by atoms with van der Waals surface area (Å²) >= 11 is 0. The van der Waals surface area contributed by atoms with Gasteiger partial charge in [0.2, 0.25) is 0 Å². The number of hydrogen-bond donors (Lipinski definition) is 1. The van der Waals surface area contributed by atoms with Gasteiger partial charge in [0.1, 0.15) is 11.6 Å². The van der Waals surface area contributed by atoms with Crippen LogP contribution in [0.4, 0.5) is 8.78 Å². The van der Waals surface area contributed by atoms with Crippen LogP contribution in [0.1, 0.15) is 51.0 Å². The normalized spacial score (nSPS) is 19.1. The van der Waals surface area contributed by atoms with Crippen molar-refractivity contribution in [3.8, 4) is 0 Å². The molecule has 3 heteroatoms. The SMILES string of the molecule is CC(Cc1c(F)cccc1F)NC1CCCCCC1. The molecule has 0 heterocycles. The molecule has 1 aromatic carbocycles. The van der Waals surface area contributed by atoms with Crippen molar-refractivity contribution in [1.29, 1.82) is 0 Å². The van der Waals surface area contributed by atoms with Crippen LogP contribution in [0.15, 0.2) is 18.2 Å². The first-order valence-electron chi connectivity index (χ1n) is 7.35. The smallest absolute Gasteiger partial charge is 0.129 e. The van der Waals surface area contributed by atoms with Crippen molar-refractivity contribution in [2.75, 3.05) is 0 Å². The molecule has 1 atom stereocenters. The van der Waals surface area contributed by atoms with E-state index in [4.69, 9.17) is 0 Å². The van der Waals surface area contributed by atoms with Gasteiger partial charge >= 0.3 is 0 Å². The second kappa shape index (κ2) is 6.99. The summed E-state index contributed by atoms with van der Waals surface area (Å²) in [5.74, 6) is -0.871. The molecule has 1 aromatic rings. The van der Waals surface area contributed by atoms with Gasteiger partial charge in [-0.15, -0.1) is 0 Å². The highest BCUT2D eigenvalue weighted by atomic mass is 19.1. The summed E-state index contributed by atoms with van der Waals surface area (Å²) in [7, 11) is 0. The van der Waals surface area contributed by atoms with E-state index in [9.17, 15) is 8.78 Å². The molecule has 19 heavy (non-hydrogen) atoms. The fourth-order valence-electron chi connectivity index (χ4n) is 2.94. The zero-order valence-electron chi connectivity index (χ0n) is 11.6. The van der Waals surface area contributed by atoms with Crippen LogP contribution < -0.4 is 5.32 Å². The highest BCUT2D eigenvalue weighted by Crippen LogP contribution is 2.19. The van der Waals surface area contributed by atoms with E-state index in [1.807, 2.05) is 6.92 Å². The van der Waals surface area contributed by atoms with Crippen LogP contribution in [0.2, 0.25) is 0 Å². The van der Waals surface area contributed by atoms with Gasteiger partial charge in [-0.3, -0.25) is 0 Å². The van der Waals surface area contributed by atoms with Crippen LogP contribution in [-0.2, 0) is 6.42 Å². The molecule has 1 unspecified atom stereocenters. The molecule has 1 nitrogen and oxygen atoms in total. The van der Waals surface area contributed by atoms with Crippen LogP contribution in [0.25, 0.3) is 0 Å². The van der Waals surface area contributed by atoms with Gasteiger partial charge in [-0.1, -0.05) is 31.7 Å². The first kappa shape index (κ1) is 14.4. The lowest BCUT2D eigenvalue weighted by Crippen LogP contribution is -2.37. The standard InChI is InChI=1S/C16H23F2N/c1-12(19-13-7-4-2-3-5-8-13)11-14-15(17)9-6-10-16(14)18/h6,9-10,12-13,19H,2-5,7-8,11H2,1H3. The van der Waals surface area contributed by atoms with Gasteiger partial charge in [0, 0.05) is 17.6 Å². The molecule has 2 rings (SSSR count). The van der Waals surface area contributed by atoms with Gasteiger partial charge in [-0.25, -0.2) is 8.78 Å². The minimum atomic E-state index is -0.436. The number of hydrogen-bond acceptors (Lipinski definition) is 1. The van der Waals surface area contributed by atoms with Crippen LogP contribution in [0.3, 0.4) is 0 Å². The van der Waals surface area contributed by atoms with Crippen molar-refractivity contribution in [3.63, 3.8) is 0 Å². The summed E-state index contributed by atoms with van der Waals surface area (Å²) in [6.45, 7) is 2.01. The van der Waals surface area contributed by atoms with Crippen molar-refractivity contribution in [2.24, 2.45) is 0 Å². The van der Waals surface area contributed by atoms with Gasteiger partial charge in [-0.05, 0) is 38.3 Å². The highest BCUT2D eigenvalue weighted by Gasteiger charge is 2.17. The highest BCUT2D eigenvalue weighted by molar-refractivity contribution is 5.20. The lowest BCUT2D eigenvalue weighted by atomic mass is 10.0. The summed E-state index contributed by atoms with van der Waals surface area (Å²) in [6, 6.07) is 4.69. The number of halogens is 2. The van der Waals surface area contributed by atoms with Gasteiger partial charge in [0.15, 0.2) is 0 Å². The molecule has 1 N–H and O–H groups in total. The summed E-state index contributed by atoms with van der Waals surface area (Å²) in [4.78, 5) is 0. The van der Waals surface area contributed by atoms with Crippen molar-refractivity contribution in [1.82, 2.24) is 5.32 Å². The Labute approximate surface area is 114 Å². The van der Waals surface area contributed by atoms with Gasteiger partial charge in [0.05, 0.1) is 0 Å². The molecule has 106 valence electrons. The Morgan fingerprint density at radius 2 is 1.68 bits per heavy atom. The van der Waals surface area contributed by atoms with E-state index in [1.54, 1.807) is 0 Å². The summed E-state index contributed by atoms with van der Waals surface area (Å²) in [5, 5.41) is 3.53. The third kappa shape index (κ3) is 4.27. The predicted molar refractivity (Wildman–Crippen MR) is 74.1 cm³/mol. The molecule has 0 amide bonds. The average molecular weight is 267 g/mol. The maximum Gasteiger partial charge on any atom is 0.129 e. The van der Waals surface area contributed by atoms with E-state index in [0.29, 0.717) is 12.5 Å². The Kier molecular flexibility index (Phi) is 5.32. The van der Waals surface area contributed by atoms with Gasteiger partial charge < -0.3 is 5.32 Å². The van der Waals surface area contributed by atoms with Crippen molar-refractivity contribution >= 4 is 0 Å². The van der Waals surface area contributed by atoms with Crippen molar-refractivity contribution in [2.45, 2.75) is 64.0 Å². The minimum Gasteiger partial charge on any atom is -0.311 e. The number of benzene rings is 1. The van der Waals surface area contributed by atoms with E-state index in [0.717, 1.165) is 0 Å². The Hall–Kier alpha value is -0.960. The molecule has 0 aromatic heterocycles. The fourth-order valence-corrected chi connectivity index (χ4v) is 2.94. The summed E-state index contributed by atoms with van der Waals surface area (Å²) in [6.07, 6.45) is 7.93. The Morgan fingerprint density at radius 3 is 2.26 bits per heavy atom. The van der Waals surface area contributed by atoms with E-state index >= 15 is 0 Å². The molecule has 0 spiro atoms. The van der Waals surface area contributed by atoms with Crippen LogP contribution >= 0.6 is 0 Å². The molecule has 1 aliphatic carbocycles. The Balaban J connectivity index is 1.91. The van der Waals surface area contributed by atoms with E-state index < -0.39 is 11.6 Å². The fraction of sp³-hybridized carbons (Fsp3) is 0.625. The first-order valence-corrected chi connectivity index (χ1v) is 7.35. The second-order valence-electron chi connectivity index (χ2n) is 5.66.